The van der Waals surface area contributed by atoms with Crippen molar-refractivity contribution < 1.29 is 14.9 Å². The minimum absolute atomic E-state index is 0.0542. The minimum atomic E-state index is -0.489. The third-order valence-corrected chi connectivity index (χ3v) is 5.57. The van der Waals surface area contributed by atoms with E-state index in [-0.39, 0.29) is 18.0 Å². The molecule has 0 radical (unpaired) electrons. The molecule has 2 atom stereocenters. The third-order valence-electron chi connectivity index (χ3n) is 4.62. The molecule has 6 heteroatoms. The average molecular weight is 395 g/mol. The molecular weight excluding hydrogens is 370 g/mol. The van der Waals surface area contributed by atoms with Gasteiger partial charge in [-0.15, -0.1) is 11.3 Å². The first-order chi connectivity index (χ1) is 13.4. The molecule has 3 aromatic rings. The molecule has 5 N–H and O–H groups in total. The molecule has 1 aromatic heterocycles. The van der Waals surface area contributed by atoms with Gasteiger partial charge in [-0.1, -0.05) is 35.9 Å². The fourth-order valence-electron chi connectivity index (χ4n) is 2.96. The first-order valence-corrected chi connectivity index (χ1v) is 9.97. The summed E-state index contributed by atoms with van der Waals surface area (Å²) in [5.41, 5.74) is 8.67. The van der Waals surface area contributed by atoms with Crippen LogP contribution in [0.3, 0.4) is 0 Å². The molecule has 2 aromatic carbocycles. The second-order valence-corrected chi connectivity index (χ2v) is 7.80. The standard InChI is InChI=1S/C22H23N3O2S/c1-14-5-7-16(8-6-14)20(19-4-3-13-28-19)24-15(2)22(27)25-18-11-9-17(10-12-18)21(23)26/h3-13,15,20,24H,1-2H3,(H2,23,26)(H,25,27)/p+1/t15-,20+/m1/s1. The molecule has 0 fully saturated rings. The molecular formula is C22H24N3O2S+. The Balaban J connectivity index is 1.72. The van der Waals surface area contributed by atoms with Gasteiger partial charge in [0.05, 0.1) is 4.88 Å². The maximum atomic E-state index is 12.7. The number of amides is 2. The Morgan fingerprint density at radius 1 is 1.04 bits per heavy atom. The van der Waals surface area contributed by atoms with Crippen molar-refractivity contribution in [3.8, 4) is 0 Å². The molecule has 0 spiro atoms. The van der Waals surface area contributed by atoms with Crippen molar-refractivity contribution in [1.82, 2.24) is 0 Å². The number of quaternary nitrogens is 1. The largest absolute Gasteiger partial charge is 0.366 e. The lowest BCUT2D eigenvalue weighted by atomic mass is 10.0. The van der Waals surface area contributed by atoms with Crippen molar-refractivity contribution in [3.05, 3.63) is 87.6 Å². The zero-order valence-corrected chi connectivity index (χ0v) is 16.7. The Bertz CT molecular complexity index is 935. The highest BCUT2D eigenvalue weighted by atomic mass is 32.1. The van der Waals surface area contributed by atoms with Crippen molar-refractivity contribution in [2.45, 2.75) is 25.9 Å². The second-order valence-electron chi connectivity index (χ2n) is 6.82. The highest BCUT2D eigenvalue weighted by Crippen LogP contribution is 2.23. The predicted molar refractivity (Wildman–Crippen MR) is 112 cm³/mol. The summed E-state index contributed by atoms with van der Waals surface area (Å²) in [4.78, 5) is 25.1. The zero-order chi connectivity index (χ0) is 20.1. The van der Waals surface area contributed by atoms with Gasteiger partial charge in [-0.25, -0.2) is 0 Å². The lowest BCUT2D eigenvalue weighted by Gasteiger charge is -2.19. The van der Waals surface area contributed by atoms with E-state index in [9.17, 15) is 9.59 Å². The van der Waals surface area contributed by atoms with Gasteiger partial charge in [0, 0.05) is 16.8 Å². The summed E-state index contributed by atoms with van der Waals surface area (Å²) in [5.74, 6) is -0.586. The number of benzene rings is 2. The molecule has 0 unspecified atom stereocenters. The van der Waals surface area contributed by atoms with Crippen LogP contribution in [0.5, 0.6) is 0 Å². The van der Waals surface area contributed by atoms with Crippen molar-refractivity contribution >= 4 is 28.8 Å². The molecule has 2 amide bonds. The number of carbonyl (C=O) groups excluding carboxylic acids is 2. The van der Waals surface area contributed by atoms with Crippen molar-refractivity contribution in [1.29, 1.82) is 0 Å². The van der Waals surface area contributed by atoms with E-state index in [0.29, 0.717) is 11.3 Å². The monoisotopic (exact) mass is 394 g/mol. The minimum Gasteiger partial charge on any atom is -0.366 e. The summed E-state index contributed by atoms with van der Waals surface area (Å²) in [6.07, 6.45) is 0. The van der Waals surface area contributed by atoms with Crippen molar-refractivity contribution in [3.63, 3.8) is 0 Å². The number of hydrogen-bond donors (Lipinski definition) is 3. The van der Waals surface area contributed by atoms with Gasteiger partial charge in [-0.2, -0.15) is 0 Å². The Kier molecular flexibility index (Phi) is 6.23. The van der Waals surface area contributed by atoms with Crippen LogP contribution in [0.1, 0.15) is 39.3 Å². The third kappa shape index (κ3) is 4.85. The van der Waals surface area contributed by atoms with E-state index in [1.54, 1.807) is 35.6 Å². The molecule has 5 nitrogen and oxygen atoms in total. The van der Waals surface area contributed by atoms with E-state index in [0.717, 1.165) is 0 Å². The highest BCUT2D eigenvalue weighted by molar-refractivity contribution is 7.10. The number of thiophene rings is 1. The van der Waals surface area contributed by atoms with Crippen molar-refractivity contribution in [2.24, 2.45) is 5.73 Å². The Morgan fingerprint density at radius 2 is 1.71 bits per heavy atom. The molecule has 3 rings (SSSR count). The van der Waals surface area contributed by atoms with Crippen LogP contribution in [-0.4, -0.2) is 17.9 Å². The second kappa shape index (κ2) is 8.82. The summed E-state index contributed by atoms with van der Waals surface area (Å²) < 4.78 is 0. The fraction of sp³-hybridized carbons (Fsp3) is 0.182. The molecule has 28 heavy (non-hydrogen) atoms. The summed E-state index contributed by atoms with van der Waals surface area (Å²) in [6, 6.07) is 18.9. The molecule has 0 aliphatic rings. The number of hydrogen-bond acceptors (Lipinski definition) is 3. The first kappa shape index (κ1) is 19.8. The summed E-state index contributed by atoms with van der Waals surface area (Å²) in [6.45, 7) is 3.95. The van der Waals surface area contributed by atoms with Gasteiger partial charge in [0.2, 0.25) is 5.91 Å². The van der Waals surface area contributed by atoms with Crippen LogP contribution in [0, 0.1) is 6.92 Å². The maximum Gasteiger partial charge on any atom is 0.282 e. The Labute approximate surface area is 168 Å². The summed E-state index contributed by atoms with van der Waals surface area (Å²) in [5, 5.41) is 7.02. The summed E-state index contributed by atoms with van der Waals surface area (Å²) in [7, 11) is 0. The van der Waals surface area contributed by atoms with Gasteiger partial charge < -0.3 is 16.4 Å². The average Bonchev–Trinajstić information content (AvgIpc) is 3.21. The maximum absolute atomic E-state index is 12.7. The number of primary amides is 1. The van der Waals surface area contributed by atoms with Crippen molar-refractivity contribution in [2.75, 3.05) is 5.32 Å². The van der Waals surface area contributed by atoms with Gasteiger partial charge >= 0.3 is 0 Å². The highest BCUT2D eigenvalue weighted by Gasteiger charge is 2.25. The van der Waals surface area contributed by atoms with E-state index in [2.05, 4.69) is 53.3 Å². The molecule has 144 valence electrons. The zero-order valence-electron chi connectivity index (χ0n) is 15.9. The van der Waals surface area contributed by atoms with Crippen LogP contribution in [0.25, 0.3) is 0 Å². The molecule has 1 heterocycles. The smallest absolute Gasteiger partial charge is 0.282 e. The van der Waals surface area contributed by atoms with Crippen LogP contribution in [0.2, 0.25) is 0 Å². The summed E-state index contributed by atoms with van der Waals surface area (Å²) >= 11 is 1.69. The molecule has 0 aliphatic heterocycles. The van der Waals surface area contributed by atoms with Gasteiger partial charge in [0.1, 0.15) is 6.04 Å². The van der Waals surface area contributed by atoms with Crippen LogP contribution in [-0.2, 0) is 4.79 Å². The fourth-order valence-corrected chi connectivity index (χ4v) is 3.79. The molecule has 0 saturated heterocycles. The predicted octanol–water partition coefficient (Wildman–Crippen LogP) is 2.84. The number of rotatable bonds is 7. The van der Waals surface area contributed by atoms with E-state index in [4.69, 9.17) is 5.73 Å². The lowest BCUT2D eigenvalue weighted by Crippen LogP contribution is -2.92. The lowest BCUT2D eigenvalue weighted by molar-refractivity contribution is -0.703. The van der Waals surface area contributed by atoms with E-state index >= 15 is 0 Å². The number of aryl methyl sites for hydroxylation is 1. The molecule has 0 saturated carbocycles. The molecule has 0 aliphatic carbocycles. The topological polar surface area (TPSA) is 88.8 Å². The van der Waals surface area contributed by atoms with Crippen LogP contribution in [0.4, 0.5) is 5.69 Å². The number of anilines is 1. The van der Waals surface area contributed by atoms with Gasteiger partial charge in [0.25, 0.3) is 5.91 Å². The first-order valence-electron chi connectivity index (χ1n) is 9.09. The van der Waals surface area contributed by atoms with E-state index < -0.39 is 5.91 Å². The normalized spacial score (nSPS) is 12.9. The SMILES string of the molecule is Cc1ccc([C@H]([NH2+][C@H](C)C(=O)Nc2ccc(C(N)=O)cc2)c2cccs2)cc1. The number of nitrogens with two attached hydrogens (primary N) is 2. The quantitative estimate of drug-likeness (QED) is 0.575. The number of nitrogens with one attached hydrogen (secondary N) is 1. The van der Waals surface area contributed by atoms with E-state index in [1.807, 2.05) is 13.0 Å². The van der Waals surface area contributed by atoms with Crippen LogP contribution in [0.15, 0.2) is 66.0 Å². The van der Waals surface area contributed by atoms with Crippen LogP contribution >= 0.6 is 11.3 Å². The van der Waals surface area contributed by atoms with Gasteiger partial charge in [-0.05, 0) is 49.6 Å². The number of carbonyl (C=O) groups is 2. The van der Waals surface area contributed by atoms with Gasteiger partial charge in [-0.3, -0.25) is 9.59 Å². The Hall–Kier alpha value is -2.96. The van der Waals surface area contributed by atoms with Crippen LogP contribution < -0.4 is 16.4 Å². The molecule has 0 bridgehead atoms. The van der Waals surface area contributed by atoms with E-state index in [1.165, 1.54) is 16.0 Å². The van der Waals surface area contributed by atoms with Gasteiger partial charge in [0.15, 0.2) is 6.04 Å². The Morgan fingerprint density at radius 3 is 2.29 bits per heavy atom.